The number of hydrogen-bond donors (Lipinski definition) is 0. The molecule has 1 aliphatic heterocycles. The summed E-state index contributed by atoms with van der Waals surface area (Å²) in [5.74, 6) is -0.131. The van der Waals surface area contributed by atoms with E-state index in [-0.39, 0.29) is 12.3 Å². The highest BCUT2D eigenvalue weighted by Gasteiger charge is 2.13. The van der Waals surface area contributed by atoms with Crippen LogP contribution in [-0.2, 0) is 28.5 Å². The maximum atomic E-state index is 11.4. The summed E-state index contributed by atoms with van der Waals surface area (Å²) < 4.78 is 26.9. The van der Waals surface area contributed by atoms with Gasteiger partial charge in [-0.3, -0.25) is 4.79 Å². The van der Waals surface area contributed by atoms with E-state index in [0.717, 1.165) is 32.3 Å². The monoisotopic (exact) mass is 346 g/mol. The van der Waals surface area contributed by atoms with Gasteiger partial charge >= 0.3 is 5.97 Å². The Bertz CT molecular complexity index is 291. The minimum absolute atomic E-state index is 0.0599. The Labute approximate surface area is 146 Å². The van der Waals surface area contributed by atoms with Crippen molar-refractivity contribution in [3.63, 3.8) is 0 Å². The first-order valence-electron chi connectivity index (χ1n) is 9.37. The molecule has 1 saturated heterocycles. The molecule has 0 aromatic carbocycles. The van der Waals surface area contributed by atoms with Crippen molar-refractivity contribution in [3.05, 3.63) is 0 Å². The van der Waals surface area contributed by atoms with Crippen molar-refractivity contribution < 1.29 is 28.5 Å². The molecule has 0 radical (unpaired) electrons. The van der Waals surface area contributed by atoms with Gasteiger partial charge in [0.1, 0.15) is 6.61 Å². The Morgan fingerprint density at radius 2 is 1.71 bits per heavy atom. The van der Waals surface area contributed by atoms with Gasteiger partial charge in [-0.25, -0.2) is 0 Å². The normalized spacial score (nSPS) is 17.8. The van der Waals surface area contributed by atoms with E-state index in [0.29, 0.717) is 46.1 Å². The van der Waals surface area contributed by atoms with Gasteiger partial charge in [-0.15, -0.1) is 0 Å². The maximum absolute atomic E-state index is 11.4. The zero-order valence-electron chi connectivity index (χ0n) is 15.1. The van der Waals surface area contributed by atoms with Crippen LogP contribution in [0.5, 0.6) is 0 Å². The average molecular weight is 346 g/mol. The molecule has 0 aromatic rings. The highest BCUT2D eigenvalue weighted by atomic mass is 16.7. The Kier molecular flexibility index (Phi) is 14.1. The van der Waals surface area contributed by atoms with Crippen molar-refractivity contribution in [1.82, 2.24) is 0 Å². The second-order valence-corrected chi connectivity index (χ2v) is 5.92. The summed E-state index contributed by atoms with van der Waals surface area (Å²) in [6.07, 6.45) is 8.07. The third-order valence-corrected chi connectivity index (χ3v) is 3.77. The van der Waals surface area contributed by atoms with Gasteiger partial charge in [0.15, 0.2) is 6.29 Å². The Morgan fingerprint density at radius 1 is 0.958 bits per heavy atom. The molecule has 142 valence electrons. The molecule has 0 saturated carbocycles. The van der Waals surface area contributed by atoms with Gasteiger partial charge in [0.2, 0.25) is 0 Å². The molecular formula is C18H34O6. The van der Waals surface area contributed by atoms with Crippen LogP contribution in [0.4, 0.5) is 0 Å². The van der Waals surface area contributed by atoms with Gasteiger partial charge < -0.3 is 23.7 Å². The largest absolute Gasteiger partial charge is 0.463 e. The number of hydrogen-bond acceptors (Lipinski definition) is 6. The van der Waals surface area contributed by atoms with Crippen molar-refractivity contribution >= 4 is 5.97 Å². The smallest absolute Gasteiger partial charge is 0.305 e. The molecule has 0 amide bonds. The Morgan fingerprint density at radius 3 is 2.42 bits per heavy atom. The lowest BCUT2D eigenvalue weighted by Gasteiger charge is -2.22. The van der Waals surface area contributed by atoms with Crippen LogP contribution in [0, 0.1) is 0 Å². The minimum Gasteiger partial charge on any atom is -0.463 e. The standard InChI is InChI=1S/C18H34O6/c1-2-3-4-5-8-17(19)22-15-13-20-11-12-21-14-16-24-18-9-6-7-10-23-18/h18H,2-16H2,1H3. The molecular weight excluding hydrogens is 312 g/mol. The summed E-state index contributed by atoms with van der Waals surface area (Å²) >= 11 is 0. The summed E-state index contributed by atoms with van der Waals surface area (Å²) in [5, 5.41) is 0. The lowest BCUT2D eigenvalue weighted by molar-refractivity contribution is -0.169. The van der Waals surface area contributed by atoms with E-state index in [9.17, 15) is 4.79 Å². The van der Waals surface area contributed by atoms with E-state index in [1.165, 1.54) is 19.3 Å². The van der Waals surface area contributed by atoms with Crippen LogP contribution in [0.2, 0.25) is 0 Å². The fourth-order valence-corrected chi connectivity index (χ4v) is 2.39. The van der Waals surface area contributed by atoms with Crippen molar-refractivity contribution in [2.24, 2.45) is 0 Å². The number of carbonyl (C=O) groups is 1. The minimum atomic E-state index is -0.131. The summed E-state index contributed by atoms with van der Waals surface area (Å²) in [6.45, 7) is 5.76. The molecule has 1 unspecified atom stereocenters. The maximum Gasteiger partial charge on any atom is 0.305 e. The number of rotatable bonds is 15. The van der Waals surface area contributed by atoms with Crippen LogP contribution in [0.3, 0.4) is 0 Å². The van der Waals surface area contributed by atoms with Gasteiger partial charge in [0.05, 0.1) is 33.0 Å². The molecule has 1 atom stereocenters. The van der Waals surface area contributed by atoms with E-state index in [4.69, 9.17) is 23.7 Å². The fraction of sp³-hybridized carbons (Fsp3) is 0.944. The third-order valence-electron chi connectivity index (χ3n) is 3.77. The molecule has 0 bridgehead atoms. The number of esters is 1. The summed E-state index contributed by atoms with van der Waals surface area (Å²) in [6, 6.07) is 0. The van der Waals surface area contributed by atoms with Crippen LogP contribution in [0.15, 0.2) is 0 Å². The summed E-state index contributed by atoms with van der Waals surface area (Å²) in [7, 11) is 0. The Hall–Kier alpha value is -0.690. The number of unbranched alkanes of at least 4 members (excludes halogenated alkanes) is 3. The summed E-state index contributed by atoms with van der Waals surface area (Å²) in [5.41, 5.74) is 0. The molecule has 24 heavy (non-hydrogen) atoms. The first kappa shape index (κ1) is 21.4. The van der Waals surface area contributed by atoms with E-state index >= 15 is 0 Å². The summed E-state index contributed by atoms with van der Waals surface area (Å²) in [4.78, 5) is 11.4. The highest BCUT2D eigenvalue weighted by molar-refractivity contribution is 5.69. The molecule has 1 heterocycles. The van der Waals surface area contributed by atoms with Crippen molar-refractivity contribution in [3.8, 4) is 0 Å². The van der Waals surface area contributed by atoms with E-state index in [2.05, 4.69) is 6.92 Å². The molecule has 0 aliphatic carbocycles. The SMILES string of the molecule is CCCCCCC(=O)OCCOCCOCCOC1CCCCO1. The average Bonchev–Trinajstić information content (AvgIpc) is 2.61. The molecule has 0 spiro atoms. The Balaban J connectivity index is 1.74. The number of ether oxygens (including phenoxy) is 5. The van der Waals surface area contributed by atoms with Crippen molar-refractivity contribution in [1.29, 1.82) is 0 Å². The van der Waals surface area contributed by atoms with Crippen LogP contribution in [-0.4, -0.2) is 58.5 Å². The quantitative estimate of drug-likeness (QED) is 0.335. The first-order valence-corrected chi connectivity index (χ1v) is 9.37. The lowest BCUT2D eigenvalue weighted by Crippen LogP contribution is -2.24. The predicted molar refractivity (Wildman–Crippen MR) is 90.9 cm³/mol. The second-order valence-electron chi connectivity index (χ2n) is 5.92. The number of carbonyl (C=O) groups excluding carboxylic acids is 1. The van der Waals surface area contributed by atoms with E-state index in [1.54, 1.807) is 0 Å². The molecule has 6 heteroatoms. The molecule has 1 fully saturated rings. The van der Waals surface area contributed by atoms with E-state index < -0.39 is 0 Å². The molecule has 0 N–H and O–H groups in total. The van der Waals surface area contributed by atoms with Gasteiger partial charge in [0, 0.05) is 13.0 Å². The second kappa shape index (κ2) is 15.8. The lowest BCUT2D eigenvalue weighted by atomic mass is 10.2. The molecule has 1 rings (SSSR count). The van der Waals surface area contributed by atoms with Crippen molar-refractivity contribution in [2.45, 2.75) is 64.6 Å². The molecule has 1 aliphatic rings. The zero-order valence-corrected chi connectivity index (χ0v) is 15.1. The first-order chi connectivity index (χ1) is 11.8. The topological polar surface area (TPSA) is 63.2 Å². The van der Waals surface area contributed by atoms with Crippen LogP contribution >= 0.6 is 0 Å². The van der Waals surface area contributed by atoms with Crippen LogP contribution in [0.25, 0.3) is 0 Å². The van der Waals surface area contributed by atoms with E-state index in [1.807, 2.05) is 0 Å². The van der Waals surface area contributed by atoms with Gasteiger partial charge in [0.25, 0.3) is 0 Å². The zero-order chi connectivity index (χ0) is 17.3. The van der Waals surface area contributed by atoms with Gasteiger partial charge in [-0.2, -0.15) is 0 Å². The fourth-order valence-electron chi connectivity index (χ4n) is 2.39. The van der Waals surface area contributed by atoms with Gasteiger partial charge in [-0.1, -0.05) is 26.2 Å². The van der Waals surface area contributed by atoms with Crippen LogP contribution < -0.4 is 0 Å². The predicted octanol–water partition coefficient (Wildman–Crippen LogP) is 3.08. The molecule has 6 nitrogen and oxygen atoms in total. The van der Waals surface area contributed by atoms with Crippen LogP contribution in [0.1, 0.15) is 58.3 Å². The van der Waals surface area contributed by atoms with Gasteiger partial charge in [-0.05, 0) is 25.7 Å². The molecule has 0 aromatic heterocycles. The van der Waals surface area contributed by atoms with Crippen molar-refractivity contribution in [2.75, 3.05) is 46.2 Å². The highest BCUT2D eigenvalue weighted by Crippen LogP contribution is 2.13. The third kappa shape index (κ3) is 12.7.